The second-order valence-electron chi connectivity index (χ2n) is 5.40. The van der Waals surface area contributed by atoms with Gasteiger partial charge in [-0.1, -0.05) is 44.5 Å². The molecule has 0 aliphatic rings. The monoisotopic (exact) mass is 306 g/mol. The molecule has 0 N–H and O–H groups in total. The van der Waals surface area contributed by atoms with E-state index < -0.39 is 0 Å². The summed E-state index contributed by atoms with van der Waals surface area (Å²) in [5.74, 6) is 0.824. The SMILES string of the molecule is C=C[C@H](OCCC)[C@@H](Oc1ccccc1)[C@H](C)OCCCC. The molecule has 22 heavy (non-hydrogen) atoms. The third kappa shape index (κ3) is 6.63. The Morgan fingerprint density at radius 2 is 1.77 bits per heavy atom. The van der Waals surface area contributed by atoms with E-state index in [9.17, 15) is 0 Å². The van der Waals surface area contributed by atoms with Crippen LogP contribution in [0.3, 0.4) is 0 Å². The summed E-state index contributed by atoms with van der Waals surface area (Å²) in [6, 6.07) is 9.80. The van der Waals surface area contributed by atoms with E-state index in [0.717, 1.165) is 31.6 Å². The summed E-state index contributed by atoms with van der Waals surface area (Å²) in [6.07, 6.45) is 4.49. The Labute approximate surface area is 135 Å². The lowest BCUT2D eigenvalue weighted by molar-refractivity contribution is -0.0777. The van der Waals surface area contributed by atoms with Gasteiger partial charge in [-0.15, -0.1) is 6.58 Å². The van der Waals surface area contributed by atoms with Crippen LogP contribution in [0.2, 0.25) is 0 Å². The van der Waals surface area contributed by atoms with Crippen LogP contribution in [0.4, 0.5) is 0 Å². The standard InChI is InChI=1S/C19H30O3/c1-5-8-15-20-16(4)19(18(7-3)21-14-6-2)22-17-12-10-9-11-13-17/h7,9-13,16,18-19H,3,5-6,8,14-15H2,1-2,4H3/t16-,18-,19-/m0/s1. The van der Waals surface area contributed by atoms with Crippen LogP contribution in [0.15, 0.2) is 43.0 Å². The Balaban J connectivity index is 2.75. The molecule has 3 heteroatoms. The van der Waals surface area contributed by atoms with Crippen LogP contribution in [-0.4, -0.2) is 31.5 Å². The molecule has 0 heterocycles. The van der Waals surface area contributed by atoms with Gasteiger partial charge in [0, 0.05) is 13.2 Å². The minimum Gasteiger partial charge on any atom is -0.485 e. The van der Waals surface area contributed by atoms with Crippen LogP contribution < -0.4 is 4.74 Å². The van der Waals surface area contributed by atoms with Gasteiger partial charge in [-0.3, -0.25) is 0 Å². The third-order valence-corrected chi connectivity index (χ3v) is 3.43. The second-order valence-corrected chi connectivity index (χ2v) is 5.40. The second kappa shape index (κ2) is 11.3. The van der Waals surface area contributed by atoms with Crippen LogP contribution in [-0.2, 0) is 9.47 Å². The minimum atomic E-state index is -0.205. The fraction of sp³-hybridized carbons (Fsp3) is 0.579. The Morgan fingerprint density at radius 1 is 1.05 bits per heavy atom. The molecule has 1 aromatic rings. The molecule has 3 nitrogen and oxygen atoms in total. The fourth-order valence-corrected chi connectivity index (χ4v) is 2.15. The number of hydrogen-bond donors (Lipinski definition) is 0. The van der Waals surface area contributed by atoms with Crippen LogP contribution >= 0.6 is 0 Å². The van der Waals surface area contributed by atoms with Crippen LogP contribution in [0, 0.1) is 0 Å². The maximum atomic E-state index is 6.14. The number of rotatable bonds is 12. The van der Waals surface area contributed by atoms with Crippen molar-refractivity contribution in [1.29, 1.82) is 0 Å². The van der Waals surface area contributed by atoms with E-state index in [0.29, 0.717) is 6.61 Å². The predicted octanol–water partition coefficient (Wildman–Crippen LogP) is 4.62. The minimum absolute atomic E-state index is 0.0633. The number of unbranched alkanes of at least 4 members (excludes halogenated alkanes) is 1. The van der Waals surface area contributed by atoms with Gasteiger partial charge in [0.2, 0.25) is 0 Å². The summed E-state index contributed by atoms with van der Waals surface area (Å²) >= 11 is 0. The van der Waals surface area contributed by atoms with Gasteiger partial charge in [0.25, 0.3) is 0 Å². The molecular formula is C19H30O3. The Morgan fingerprint density at radius 3 is 2.36 bits per heavy atom. The first-order valence-corrected chi connectivity index (χ1v) is 8.30. The first-order valence-electron chi connectivity index (χ1n) is 8.30. The summed E-state index contributed by atoms with van der Waals surface area (Å²) < 4.78 is 17.9. The first-order chi connectivity index (χ1) is 10.7. The topological polar surface area (TPSA) is 27.7 Å². The summed E-state index contributed by atoms with van der Waals surface area (Å²) in [5.41, 5.74) is 0. The van der Waals surface area contributed by atoms with Crippen molar-refractivity contribution in [2.75, 3.05) is 13.2 Å². The highest BCUT2D eigenvalue weighted by Crippen LogP contribution is 2.19. The molecule has 0 saturated heterocycles. The van der Waals surface area contributed by atoms with E-state index in [1.54, 1.807) is 0 Å². The summed E-state index contributed by atoms with van der Waals surface area (Å²) in [5, 5.41) is 0. The van der Waals surface area contributed by atoms with E-state index in [1.165, 1.54) is 0 Å². The van der Waals surface area contributed by atoms with Crippen molar-refractivity contribution in [2.24, 2.45) is 0 Å². The van der Waals surface area contributed by atoms with Crippen molar-refractivity contribution < 1.29 is 14.2 Å². The quantitative estimate of drug-likeness (QED) is 0.416. The van der Waals surface area contributed by atoms with E-state index in [2.05, 4.69) is 20.4 Å². The summed E-state index contributed by atoms with van der Waals surface area (Å²) in [7, 11) is 0. The highest BCUT2D eigenvalue weighted by Gasteiger charge is 2.28. The molecule has 0 unspecified atom stereocenters. The molecular weight excluding hydrogens is 276 g/mol. The van der Waals surface area contributed by atoms with Crippen molar-refractivity contribution in [1.82, 2.24) is 0 Å². The van der Waals surface area contributed by atoms with Gasteiger partial charge >= 0.3 is 0 Å². The lowest BCUT2D eigenvalue weighted by Crippen LogP contribution is -2.42. The zero-order valence-corrected chi connectivity index (χ0v) is 14.2. The number of ether oxygens (including phenoxy) is 3. The van der Waals surface area contributed by atoms with Gasteiger partial charge in [-0.2, -0.15) is 0 Å². The highest BCUT2D eigenvalue weighted by molar-refractivity contribution is 5.21. The summed E-state index contributed by atoms with van der Waals surface area (Å²) in [6.45, 7) is 11.6. The molecule has 1 aromatic carbocycles. The molecule has 0 amide bonds. The van der Waals surface area contributed by atoms with E-state index >= 15 is 0 Å². The zero-order valence-electron chi connectivity index (χ0n) is 14.2. The molecule has 0 aromatic heterocycles. The predicted molar refractivity (Wildman–Crippen MR) is 91.4 cm³/mol. The Bertz CT molecular complexity index is 391. The van der Waals surface area contributed by atoms with Gasteiger partial charge in [0.1, 0.15) is 11.9 Å². The van der Waals surface area contributed by atoms with Gasteiger partial charge in [0.15, 0.2) is 6.10 Å². The maximum absolute atomic E-state index is 6.14. The highest BCUT2D eigenvalue weighted by atomic mass is 16.6. The number of para-hydroxylation sites is 1. The van der Waals surface area contributed by atoms with Gasteiger partial charge in [-0.05, 0) is 31.9 Å². The molecule has 124 valence electrons. The fourth-order valence-electron chi connectivity index (χ4n) is 2.15. The van der Waals surface area contributed by atoms with Crippen molar-refractivity contribution in [2.45, 2.75) is 58.3 Å². The largest absolute Gasteiger partial charge is 0.485 e. The zero-order chi connectivity index (χ0) is 16.2. The molecule has 0 fully saturated rings. The molecule has 0 radical (unpaired) electrons. The van der Waals surface area contributed by atoms with Gasteiger partial charge in [-0.25, -0.2) is 0 Å². The Hall–Kier alpha value is -1.32. The normalized spacial score (nSPS) is 15.0. The smallest absolute Gasteiger partial charge is 0.154 e. The lowest BCUT2D eigenvalue weighted by Gasteiger charge is -2.30. The van der Waals surface area contributed by atoms with Gasteiger partial charge in [0.05, 0.1) is 6.10 Å². The van der Waals surface area contributed by atoms with E-state index in [4.69, 9.17) is 14.2 Å². The first kappa shape index (κ1) is 18.7. The average Bonchev–Trinajstić information content (AvgIpc) is 2.55. The molecule has 1 rings (SSSR count). The molecule has 0 bridgehead atoms. The molecule has 0 spiro atoms. The molecule has 0 aliphatic heterocycles. The Kier molecular flexibility index (Phi) is 9.60. The molecule has 0 saturated carbocycles. The van der Waals surface area contributed by atoms with E-state index in [-0.39, 0.29) is 18.3 Å². The molecule has 0 aliphatic carbocycles. The lowest BCUT2D eigenvalue weighted by atomic mass is 10.1. The van der Waals surface area contributed by atoms with E-state index in [1.807, 2.05) is 43.3 Å². The molecule has 3 atom stereocenters. The third-order valence-electron chi connectivity index (χ3n) is 3.43. The number of hydrogen-bond acceptors (Lipinski definition) is 3. The van der Waals surface area contributed by atoms with Crippen molar-refractivity contribution in [3.63, 3.8) is 0 Å². The average molecular weight is 306 g/mol. The number of benzene rings is 1. The summed E-state index contributed by atoms with van der Waals surface area (Å²) in [4.78, 5) is 0. The van der Waals surface area contributed by atoms with Crippen LogP contribution in [0.5, 0.6) is 5.75 Å². The maximum Gasteiger partial charge on any atom is 0.154 e. The van der Waals surface area contributed by atoms with Crippen molar-refractivity contribution in [3.8, 4) is 5.75 Å². The van der Waals surface area contributed by atoms with Crippen molar-refractivity contribution in [3.05, 3.63) is 43.0 Å². The van der Waals surface area contributed by atoms with Gasteiger partial charge < -0.3 is 14.2 Å². The van der Waals surface area contributed by atoms with Crippen LogP contribution in [0.1, 0.15) is 40.0 Å². The van der Waals surface area contributed by atoms with Crippen molar-refractivity contribution >= 4 is 0 Å². The van der Waals surface area contributed by atoms with Crippen LogP contribution in [0.25, 0.3) is 0 Å².